The van der Waals surface area contributed by atoms with Gasteiger partial charge in [0.15, 0.2) is 0 Å². The highest BCUT2D eigenvalue weighted by Crippen LogP contribution is 2.27. The number of rotatable bonds is 1. The van der Waals surface area contributed by atoms with Crippen LogP contribution in [0.3, 0.4) is 0 Å². The van der Waals surface area contributed by atoms with Crippen LogP contribution in [-0.2, 0) is 0 Å². The highest BCUT2D eigenvalue weighted by Gasteiger charge is 2.18. The van der Waals surface area contributed by atoms with Gasteiger partial charge in [0, 0.05) is 0 Å². The zero-order valence-corrected chi connectivity index (χ0v) is 11.0. The van der Waals surface area contributed by atoms with Gasteiger partial charge < -0.3 is 5.32 Å². The topological polar surface area (TPSA) is 29.9 Å². The third-order valence-corrected chi connectivity index (χ3v) is 4.28. The highest BCUT2D eigenvalue weighted by molar-refractivity contribution is 9.10. The minimum absolute atomic E-state index is 0.574. The van der Waals surface area contributed by atoms with E-state index in [4.69, 9.17) is 0 Å². The summed E-state index contributed by atoms with van der Waals surface area (Å²) in [6.45, 7) is 6.46. The van der Waals surface area contributed by atoms with Crippen LogP contribution >= 0.6 is 15.9 Å². The molecule has 0 saturated carbocycles. The minimum Gasteiger partial charge on any atom is -0.317 e. The lowest BCUT2D eigenvalue weighted by molar-refractivity contribution is 0.405. The lowest BCUT2D eigenvalue weighted by Gasteiger charge is -2.16. The Kier molecular flexibility index (Phi) is 3.46. The Bertz CT molecular complexity index is 338. The molecule has 0 amide bonds. The molecule has 1 aromatic rings. The fraction of sp³-hybridized carbons (Fsp3) is 0.727. The van der Waals surface area contributed by atoms with E-state index in [-0.39, 0.29) is 0 Å². The molecule has 0 radical (unpaired) electrons. The van der Waals surface area contributed by atoms with E-state index in [0.29, 0.717) is 6.04 Å². The summed E-state index contributed by atoms with van der Waals surface area (Å²) in [5.41, 5.74) is 2.36. The number of aryl methyl sites for hydroxylation is 1. The zero-order chi connectivity index (χ0) is 10.8. The number of nitrogens with zero attached hydrogens (tertiary/aromatic N) is 2. The molecule has 1 aliphatic heterocycles. The maximum atomic E-state index is 4.62. The second kappa shape index (κ2) is 4.66. The molecular weight excluding hydrogens is 254 g/mol. The van der Waals surface area contributed by atoms with Crippen LogP contribution in [-0.4, -0.2) is 22.9 Å². The standard InChI is InChI=1S/C11H18BrN3/c1-8-11(12)9(2)15(14-8)10-4-3-6-13-7-5-10/h10,13H,3-7H2,1-2H3. The van der Waals surface area contributed by atoms with Crippen molar-refractivity contribution < 1.29 is 0 Å². The lowest BCUT2D eigenvalue weighted by Crippen LogP contribution is -2.16. The molecular formula is C11H18BrN3. The summed E-state index contributed by atoms with van der Waals surface area (Å²) in [6, 6.07) is 0.574. The van der Waals surface area contributed by atoms with Crippen LogP contribution in [0.15, 0.2) is 4.47 Å². The van der Waals surface area contributed by atoms with Crippen LogP contribution in [0.2, 0.25) is 0 Å². The molecule has 1 atom stereocenters. The Balaban J connectivity index is 2.23. The Morgan fingerprint density at radius 3 is 2.80 bits per heavy atom. The monoisotopic (exact) mass is 271 g/mol. The number of halogens is 1. The molecule has 0 spiro atoms. The van der Waals surface area contributed by atoms with Crippen LogP contribution in [0.1, 0.15) is 36.7 Å². The van der Waals surface area contributed by atoms with Gasteiger partial charge in [0.25, 0.3) is 0 Å². The Morgan fingerprint density at radius 1 is 1.33 bits per heavy atom. The van der Waals surface area contributed by atoms with E-state index in [2.05, 4.69) is 44.9 Å². The van der Waals surface area contributed by atoms with Crippen LogP contribution in [0.4, 0.5) is 0 Å². The summed E-state index contributed by atoms with van der Waals surface area (Å²) in [6.07, 6.45) is 3.68. The van der Waals surface area contributed by atoms with Gasteiger partial charge in [-0.25, -0.2) is 0 Å². The van der Waals surface area contributed by atoms with Crippen molar-refractivity contribution in [3.8, 4) is 0 Å². The van der Waals surface area contributed by atoms with Crippen molar-refractivity contribution in [2.24, 2.45) is 0 Å². The highest BCUT2D eigenvalue weighted by atomic mass is 79.9. The maximum Gasteiger partial charge on any atom is 0.0738 e. The summed E-state index contributed by atoms with van der Waals surface area (Å²) in [5, 5.41) is 8.05. The van der Waals surface area contributed by atoms with Crippen molar-refractivity contribution in [2.75, 3.05) is 13.1 Å². The van der Waals surface area contributed by atoms with Crippen molar-refractivity contribution in [1.82, 2.24) is 15.1 Å². The van der Waals surface area contributed by atoms with E-state index in [1.165, 1.54) is 29.4 Å². The molecule has 84 valence electrons. The number of aromatic nitrogens is 2. The summed E-state index contributed by atoms with van der Waals surface area (Å²) >= 11 is 3.59. The second-order valence-electron chi connectivity index (χ2n) is 4.26. The molecule has 4 heteroatoms. The third kappa shape index (κ3) is 2.26. The van der Waals surface area contributed by atoms with Crippen LogP contribution in [0.25, 0.3) is 0 Å². The number of hydrogen-bond donors (Lipinski definition) is 1. The van der Waals surface area contributed by atoms with E-state index < -0.39 is 0 Å². The average Bonchev–Trinajstić information content (AvgIpc) is 2.51. The van der Waals surface area contributed by atoms with Gasteiger partial charge in [-0.2, -0.15) is 5.10 Å². The molecule has 1 aliphatic rings. The minimum atomic E-state index is 0.574. The second-order valence-corrected chi connectivity index (χ2v) is 5.06. The van der Waals surface area contributed by atoms with Crippen molar-refractivity contribution in [1.29, 1.82) is 0 Å². The first-order valence-electron chi connectivity index (χ1n) is 5.62. The largest absolute Gasteiger partial charge is 0.317 e. The van der Waals surface area contributed by atoms with Gasteiger partial charge >= 0.3 is 0 Å². The normalized spacial score (nSPS) is 22.7. The van der Waals surface area contributed by atoms with Gasteiger partial charge in [0.05, 0.1) is 21.9 Å². The fourth-order valence-electron chi connectivity index (χ4n) is 2.24. The first-order chi connectivity index (χ1) is 7.20. The van der Waals surface area contributed by atoms with Gasteiger partial charge in [0.1, 0.15) is 0 Å². The Morgan fingerprint density at radius 2 is 2.13 bits per heavy atom. The molecule has 1 fully saturated rings. The molecule has 1 aromatic heterocycles. The predicted octanol–water partition coefficient (Wildman–Crippen LogP) is 2.58. The van der Waals surface area contributed by atoms with Gasteiger partial charge in [-0.3, -0.25) is 4.68 Å². The van der Waals surface area contributed by atoms with Crippen LogP contribution in [0, 0.1) is 13.8 Å². The molecule has 2 rings (SSSR count). The summed E-state index contributed by atoms with van der Waals surface area (Å²) in [7, 11) is 0. The van der Waals surface area contributed by atoms with E-state index in [1.54, 1.807) is 0 Å². The predicted molar refractivity (Wildman–Crippen MR) is 65.2 cm³/mol. The number of hydrogen-bond acceptors (Lipinski definition) is 2. The van der Waals surface area contributed by atoms with Gasteiger partial charge in [-0.1, -0.05) is 0 Å². The Hall–Kier alpha value is -0.350. The van der Waals surface area contributed by atoms with Crippen molar-refractivity contribution >= 4 is 15.9 Å². The molecule has 1 unspecified atom stereocenters. The quantitative estimate of drug-likeness (QED) is 0.851. The van der Waals surface area contributed by atoms with E-state index in [0.717, 1.165) is 18.8 Å². The zero-order valence-electron chi connectivity index (χ0n) is 9.39. The molecule has 15 heavy (non-hydrogen) atoms. The smallest absolute Gasteiger partial charge is 0.0738 e. The van der Waals surface area contributed by atoms with Crippen molar-refractivity contribution in [2.45, 2.75) is 39.2 Å². The molecule has 1 saturated heterocycles. The molecule has 0 bridgehead atoms. The molecule has 3 nitrogen and oxygen atoms in total. The van der Waals surface area contributed by atoms with Gasteiger partial charge in [-0.05, 0) is 62.1 Å². The third-order valence-electron chi connectivity index (χ3n) is 3.13. The SMILES string of the molecule is Cc1nn(C2CCCNCC2)c(C)c1Br. The summed E-state index contributed by atoms with van der Waals surface area (Å²) < 4.78 is 3.37. The van der Waals surface area contributed by atoms with E-state index in [1.807, 2.05) is 0 Å². The van der Waals surface area contributed by atoms with E-state index in [9.17, 15) is 0 Å². The first-order valence-corrected chi connectivity index (χ1v) is 6.41. The molecule has 0 aliphatic carbocycles. The van der Waals surface area contributed by atoms with Crippen molar-refractivity contribution in [3.05, 3.63) is 15.9 Å². The fourth-order valence-corrected chi connectivity index (χ4v) is 2.50. The van der Waals surface area contributed by atoms with Gasteiger partial charge in [0.2, 0.25) is 0 Å². The van der Waals surface area contributed by atoms with E-state index >= 15 is 0 Å². The van der Waals surface area contributed by atoms with Crippen LogP contribution < -0.4 is 5.32 Å². The summed E-state index contributed by atoms with van der Waals surface area (Å²) in [5.74, 6) is 0. The molecule has 0 aromatic carbocycles. The summed E-state index contributed by atoms with van der Waals surface area (Å²) in [4.78, 5) is 0. The first kappa shape index (κ1) is 11.1. The van der Waals surface area contributed by atoms with Crippen molar-refractivity contribution in [3.63, 3.8) is 0 Å². The maximum absolute atomic E-state index is 4.62. The lowest BCUT2D eigenvalue weighted by atomic mass is 10.1. The van der Waals surface area contributed by atoms with Gasteiger partial charge in [-0.15, -0.1) is 0 Å². The molecule has 1 N–H and O–H groups in total. The molecule has 2 heterocycles. The van der Waals surface area contributed by atoms with Crippen LogP contribution in [0.5, 0.6) is 0 Å². The average molecular weight is 272 g/mol. The number of nitrogens with one attached hydrogen (secondary N) is 1. The Labute approximate surface area is 99.4 Å².